The van der Waals surface area contributed by atoms with E-state index in [1.54, 1.807) is 32.5 Å². The second kappa shape index (κ2) is 7.91. The van der Waals surface area contributed by atoms with Crippen LogP contribution in [-0.2, 0) is 0 Å². The summed E-state index contributed by atoms with van der Waals surface area (Å²) < 4.78 is 16.1. The Hall–Kier alpha value is -4.60. The number of fused-ring (bicyclic) bond motifs is 1. The van der Waals surface area contributed by atoms with Crippen LogP contribution in [-0.4, -0.2) is 45.3 Å². The zero-order chi connectivity index (χ0) is 22.1. The highest BCUT2D eigenvalue weighted by Gasteiger charge is 2.22. The number of hydrogen-bond donors (Lipinski definition) is 3. The molecule has 160 valence electrons. The van der Waals surface area contributed by atoms with E-state index in [1.807, 2.05) is 30.3 Å². The maximum absolute atomic E-state index is 13.0. The molecule has 0 aliphatic rings. The summed E-state index contributed by atoms with van der Waals surface area (Å²) in [4.78, 5) is 24.8. The minimum absolute atomic E-state index is 0.169. The molecule has 32 heavy (non-hydrogen) atoms. The van der Waals surface area contributed by atoms with Gasteiger partial charge in [0.2, 0.25) is 0 Å². The number of oxazole rings is 1. The van der Waals surface area contributed by atoms with Crippen molar-refractivity contribution >= 4 is 22.6 Å². The first-order chi connectivity index (χ1) is 15.7. The second-order valence-corrected chi connectivity index (χ2v) is 6.81. The molecule has 10 heteroatoms. The van der Waals surface area contributed by atoms with Crippen LogP contribution in [0.25, 0.3) is 33.9 Å². The Balaban J connectivity index is 1.46. The summed E-state index contributed by atoms with van der Waals surface area (Å²) in [6.07, 6.45) is 2.82. The van der Waals surface area contributed by atoms with Crippen LogP contribution < -0.4 is 14.8 Å². The number of rotatable bonds is 6. The fourth-order valence-electron chi connectivity index (χ4n) is 3.40. The third-order valence-corrected chi connectivity index (χ3v) is 4.92. The average molecular weight is 430 g/mol. The molecule has 0 radical (unpaired) electrons. The van der Waals surface area contributed by atoms with Crippen LogP contribution in [0.15, 0.2) is 59.5 Å². The van der Waals surface area contributed by atoms with Gasteiger partial charge in [0.25, 0.3) is 5.91 Å². The van der Waals surface area contributed by atoms with Crippen LogP contribution in [0, 0.1) is 0 Å². The van der Waals surface area contributed by atoms with Gasteiger partial charge in [0.05, 0.1) is 30.9 Å². The Morgan fingerprint density at radius 2 is 1.88 bits per heavy atom. The third kappa shape index (κ3) is 3.33. The first kappa shape index (κ1) is 19.4. The van der Waals surface area contributed by atoms with Crippen LogP contribution >= 0.6 is 0 Å². The number of benzene rings is 2. The van der Waals surface area contributed by atoms with Crippen molar-refractivity contribution in [3.05, 3.63) is 60.7 Å². The first-order valence-corrected chi connectivity index (χ1v) is 9.64. The second-order valence-electron chi connectivity index (χ2n) is 6.81. The van der Waals surface area contributed by atoms with Crippen molar-refractivity contribution in [1.29, 1.82) is 0 Å². The minimum atomic E-state index is -0.431. The number of ether oxygens (including phenoxy) is 2. The number of anilines is 1. The van der Waals surface area contributed by atoms with Gasteiger partial charge in [-0.25, -0.2) is 9.97 Å². The number of carbonyl (C=O) groups excluding carboxylic acids is 1. The number of carbonyl (C=O) groups is 1. The van der Waals surface area contributed by atoms with Gasteiger partial charge in [0.15, 0.2) is 40.9 Å². The molecular formula is C22H18N6O4. The van der Waals surface area contributed by atoms with E-state index in [2.05, 4.69) is 30.5 Å². The molecule has 5 aromatic rings. The molecule has 0 saturated heterocycles. The highest BCUT2D eigenvalue weighted by atomic mass is 16.5. The normalized spacial score (nSPS) is 10.9. The van der Waals surface area contributed by atoms with Gasteiger partial charge in [-0.15, -0.1) is 0 Å². The van der Waals surface area contributed by atoms with Gasteiger partial charge in [0, 0.05) is 23.9 Å². The fourth-order valence-corrected chi connectivity index (χ4v) is 3.40. The Labute approximate surface area is 181 Å². The van der Waals surface area contributed by atoms with E-state index >= 15 is 0 Å². The molecule has 0 unspecified atom stereocenters. The zero-order valence-corrected chi connectivity index (χ0v) is 17.2. The molecule has 0 aliphatic carbocycles. The predicted molar refractivity (Wildman–Crippen MR) is 117 cm³/mol. The van der Waals surface area contributed by atoms with Crippen LogP contribution in [0.1, 0.15) is 10.5 Å². The molecule has 5 rings (SSSR count). The summed E-state index contributed by atoms with van der Waals surface area (Å²) in [5.74, 6) is 1.56. The van der Waals surface area contributed by atoms with Crippen LogP contribution in [0.5, 0.6) is 11.5 Å². The van der Waals surface area contributed by atoms with Gasteiger partial charge in [-0.05, 0) is 0 Å². The maximum Gasteiger partial charge on any atom is 0.278 e. The number of aromatic amines is 2. The maximum atomic E-state index is 13.0. The monoisotopic (exact) mass is 430 g/mol. The lowest BCUT2D eigenvalue weighted by atomic mass is 10.1. The largest absolute Gasteiger partial charge is 0.493 e. The average Bonchev–Trinajstić information content (AvgIpc) is 3.57. The van der Waals surface area contributed by atoms with Crippen molar-refractivity contribution in [3.8, 4) is 34.3 Å². The number of nitrogens with zero attached hydrogens (tertiary/aromatic N) is 3. The van der Waals surface area contributed by atoms with E-state index < -0.39 is 5.91 Å². The Morgan fingerprint density at radius 1 is 1.09 bits per heavy atom. The molecule has 0 atom stereocenters. The van der Waals surface area contributed by atoms with E-state index in [4.69, 9.17) is 13.9 Å². The van der Waals surface area contributed by atoms with Crippen LogP contribution in [0.2, 0.25) is 0 Å². The molecule has 0 bridgehead atoms. The molecule has 3 aromatic heterocycles. The minimum Gasteiger partial charge on any atom is -0.493 e. The first-order valence-electron chi connectivity index (χ1n) is 9.64. The molecule has 2 aromatic carbocycles. The zero-order valence-electron chi connectivity index (χ0n) is 17.2. The van der Waals surface area contributed by atoms with Gasteiger partial charge in [0.1, 0.15) is 0 Å². The van der Waals surface area contributed by atoms with E-state index in [1.165, 1.54) is 6.39 Å². The Morgan fingerprint density at radius 3 is 2.66 bits per heavy atom. The van der Waals surface area contributed by atoms with Gasteiger partial charge in [-0.2, -0.15) is 5.10 Å². The molecule has 3 heterocycles. The summed E-state index contributed by atoms with van der Waals surface area (Å²) in [5, 5.41) is 9.83. The Kier molecular flexibility index (Phi) is 4.79. The summed E-state index contributed by atoms with van der Waals surface area (Å²) >= 11 is 0. The molecular weight excluding hydrogens is 412 g/mol. The quantitative estimate of drug-likeness (QED) is 0.373. The summed E-state index contributed by atoms with van der Waals surface area (Å²) in [6.45, 7) is 0. The van der Waals surface area contributed by atoms with E-state index in [0.29, 0.717) is 40.0 Å². The van der Waals surface area contributed by atoms with Crippen molar-refractivity contribution in [2.75, 3.05) is 19.5 Å². The van der Waals surface area contributed by atoms with E-state index in [0.717, 1.165) is 11.1 Å². The summed E-state index contributed by atoms with van der Waals surface area (Å²) in [5.41, 5.74) is 3.21. The lowest BCUT2D eigenvalue weighted by molar-refractivity contribution is 0.102. The van der Waals surface area contributed by atoms with Crippen LogP contribution in [0.3, 0.4) is 0 Å². The fraction of sp³-hybridized carbons (Fsp3) is 0.0909. The SMILES string of the molecule is COc1cc2nc(-c3n[nH]cc3NC(=O)c3ncoc3-c3ccccc3)[nH]c2cc1OC. The molecule has 0 spiro atoms. The van der Waals surface area contributed by atoms with Gasteiger partial charge >= 0.3 is 0 Å². The van der Waals surface area contributed by atoms with Crippen molar-refractivity contribution in [1.82, 2.24) is 25.1 Å². The molecule has 10 nitrogen and oxygen atoms in total. The lowest BCUT2D eigenvalue weighted by Crippen LogP contribution is -2.13. The van der Waals surface area contributed by atoms with E-state index in [-0.39, 0.29) is 5.69 Å². The summed E-state index contributed by atoms with van der Waals surface area (Å²) in [6, 6.07) is 12.8. The molecule has 1 amide bonds. The standard InChI is InChI=1S/C22H18N6O4/c1-30-16-8-13-14(9-17(16)31-2)26-21(25-13)18-15(10-24-28-18)27-22(29)19-20(32-11-23-19)12-6-4-3-5-7-12/h3-11H,1-2H3,(H,24,28)(H,25,26)(H,27,29). The van der Waals surface area contributed by atoms with Crippen molar-refractivity contribution in [2.24, 2.45) is 0 Å². The van der Waals surface area contributed by atoms with Crippen molar-refractivity contribution in [2.45, 2.75) is 0 Å². The van der Waals surface area contributed by atoms with Gasteiger partial charge in [-0.1, -0.05) is 30.3 Å². The number of aromatic nitrogens is 5. The number of imidazole rings is 1. The number of H-pyrrole nitrogens is 2. The Bertz CT molecular complexity index is 1360. The predicted octanol–water partition coefficient (Wildman–Crippen LogP) is 3.88. The number of methoxy groups -OCH3 is 2. The summed E-state index contributed by atoms with van der Waals surface area (Å²) in [7, 11) is 3.13. The van der Waals surface area contributed by atoms with Gasteiger partial charge in [-0.3, -0.25) is 9.89 Å². The number of amides is 1. The highest BCUT2D eigenvalue weighted by Crippen LogP contribution is 2.33. The lowest BCUT2D eigenvalue weighted by Gasteiger charge is -2.06. The third-order valence-electron chi connectivity index (χ3n) is 4.92. The van der Waals surface area contributed by atoms with Crippen molar-refractivity contribution < 1.29 is 18.7 Å². The molecule has 0 fully saturated rings. The van der Waals surface area contributed by atoms with Crippen LogP contribution in [0.4, 0.5) is 5.69 Å². The number of hydrogen-bond acceptors (Lipinski definition) is 7. The molecule has 3 N–H and O–H groups in total. The smallest absolute Gasteiger partial charge is 0.278 e. The molecule has 0 saturated carbocycles. The van der Waals surface area contributed by atoms with Crippen molar-refractivity contribution in [3.63, 3.8) is 0 Å². The topological polar surface area (TPSA) is 131 Å². The van der Waals surface area contributed by atoms with Gasteiger partial charge < -0.3 is 24.2 Å². The van der Waals surface area contributed by atoms with E-state index in [9.17, 15) is 4.79 Å². The molecule has 0 aliphatic heterocycles. The highest BCUT2D eigenvalue weighted by molar-refractivity contribution is 6.07. The number of nitrogens with one attached hydrogen (secondary N) is 3.